The summed E-state index contributed by atoms with van der Waals surface area (Å²) in [6, 6.07) is 6.27. The molecule has 2 fully saturated rings. The second kappa shape index (κ2) is 5.16. The number of rotatable bonds is 6. The zero-order valence-electron chi connectivity index (χ0n) is 10.5. The molecule has 0 amide bonds. The summed E-state index contributed by atoms with van der Waals surface area (Å²) in [5, 5.41) is 3.39. The van der Waals surface area contributed by atoms with Crippen LogP contribution >= 0.6 is 15.9 Å². The third-order valence-corrected chi connectivity index (χ3v) is 5.87. The molecule has 1 aromatic carbocycles. The van der Waals surface area contributed by atoms with Crippen molar-refractivity contribution in [1.82, 2.24) is 10.0 Å². The van der Waals surface area contributed by atoms with Crippen LogP contribution in [0.5, 0.6) is 0 Å². The van der Waals surface area contributed by atoms with Crippen LogP contribution in [0.15, 0.2) is 27.6 Å². The van der Waals surface area contributed by atoms with Gasteiger partial charge in [0.15, 0.2) is 0 Å². The summed E-state index contributed by atoms with van der Waals surface area (Å²) in [6.07, 6.45) is 4.34. The van der Waals surface area contributed by atoms with E-state index in [1.54, 1.807) is 6.07 Å². The first-order valence-electron chi connectivity index (χ1n) is 6.59. The molecule has 0 saturated heterocycles. The minimum atomic E-state index is -3.40. The van der Waals surface area contributed by atoms with Gasteiger partial charge in [-0.05, 0) is 59.3 Å². The largest absolute Gasteiger partial charge is 0.310 e. The van der Waals surface area contributed by atoms with Crippen molar-refractivity contribution in [3.05, 3.63) is 28.2 Å². The lowest BCUT2D eigenvalue weighted by molar-refractivity contribution is 0.580. The number of benzene rings is 1. The topological polar surface area (TPSA) is 58.2 Å². The predicted molar refractivity (Wildman–Crippen MR) is 77.3 cm³/mol. The molecule has 104 valence electrons. The lowest BCUT2D eigenvalue weighted by Crippen LogP contribution is -2.26. The molecule has 4 nitrogen and oxygen atoms in total. The first-order chi connectivity index (χ1) is 9.04. The highest BCUT2D eigenvalue weighted by molar-refractivity contribution is 9.10. The van der Waals surface area contributed by atoms with Crippen LogP contribution in [-0.4, -0.2) is 20.5 Å². The second-order valence-electron chi connectivity index (χ2n) is 5.32. The first kappa shape index (κ1) is 13.5. The van der Waals surface area contributed by atoms with Crippen LogP contribution in [0, 0.1) is 0 Å². The SMILES string of the molecule is O=S(=O)(NC1CC1)c1cc(CNC2CC2)ccc1Br. The zero-order chi connectivity index (χ0) is 13.5. The predicted octanol–water partition coefficient (Wildman–Crippen LogP) is 2.14. The Balaban J connectivity index is 1.79. The van der Waals surface area contributed by atoms with E-state index >= 15 is 0 Å². The molecule has 0 radical (unpaired) electrons. The minimum absolute atomic E-state index is 0.130. The van der Waals surface area contributed by atoms with E-state index in [1.807, 2.05) is 12.1 Å². The van der Waals surface area contributed by atoms with Crippen molar-refractivity contribution < 1.29 is 8.42 Å². The van der Waals surface area contributed by atoms with Crippen molar-refractivity contribution in [2.75, 3.05) is 0 Å². The Morgan fingerprint density at radius 2 is 1.84 bits per heavy atom. The third kappa shape index (κ3) is 3.56. The van der Waals surface area contributed by atoms with Crippen LogP contribution in [-0.2, 0) is 16.6 Å². The lowest BCUT2D eigenvalue weighted by atomic mass is 10.2. The molecule has 2 saturated carbocycles. The Hall–Kier alpha value is -0.430. The lowest BCUT2D eigenvalue weighted by Gasteiger charge is -2.10. The highest BCUT2D eigenvalue weighted by Gasteiger charge is 2.29. The van der Waals surface area contributed by atoms with E-state index < -0.39 is 10.0 Å². The number of halogens is 1. The summed E-state index contributed by atoms with van der Waals surface area (Å²) < 4.78 is 27.8. The van der Waals surface area contributed by atoms with Crippen molar-refractivity contribution >= 4 is 26.0 Å². The highest BCUT2D eigenvalue weighted by Crippen LogP contribution is 2.27. The molecule has 0 aliphatic heterocycles. The smallest absolute Gasteiger partial charge is 0.241 e. The van der Waals surface area contributed by atoms with Crippen LogP contribution in [0.3, 0.4) is 0 Å². The fourth-order valence-corrected chi connectivity index (χ4v) is 4.22. The summed E-state index contributed by atoms with van der Waals surface area (Å²) in [4.78, 5) is 0.342. The molecule has 2 aliphatic rings. The van der Waals surface area contributed by atoms with Crippen LogP contribution in [0.2, 0.25) is 0 Å². The number of sulfonamides is 1. The molecule has 0 unspecified atom stereocenters. The Labute approximate surface area is 122 Å². The average Bonchev–Trinajstić information content (AvgIpc) is 3.22. The third-order valence-electron chi connectivity index (χ3n) is 3.36. The average molecular weight is 345 g/mol. The maximum Gasteiger partial charge on any atom is 0.241 e. The second-order valence-corrected chi connectivity index (χ2v) is 7.85. The van der Waals surface area contributed by atoms with Crippen LogP contribution in [0.1, 0.15) is 31.2 Å². The molecule has 0 aromatic heterocycles. The van der Waals surface area contributed by atoms with Crippen LogP contribution in [0.25, 0.3) is 0 Å². The quantitative estimate of drug-likeness (QED) is 0.831. The Kier molecular flexibility index (Phi) is 3.68. The van der Waals surface area contributed by atoms with Crippen molar-refractivity contribution in [1.29, 1.82) is 0 Å². The zero-order valence-corrected chi connectivity index (χ0v) is 12.9. The maximum atomic E-state index is 12.2. The normalized spacial score (nSPS) is 19.6. The van der Waals surface area contributed by atoms with Gasteiger partial charge in [-0.25, -0.2) is 13.1 Å². The van der Waals surface area contributed by atoms with E-state index in [2.05, 4.69) is 26.0 Å². The fourth-order valence-electron chi connectivity index (χ4n) is 1.90. The standard InChI is InChI=1S/C13H17BrN2O2S/c14-12-6-1-9(8-15-10-2-3-10)7-13(12)19(17,18)16-11-4-5-11/h1,6-7,10-11,15-16H,2-5,8H2. The van der Waals surface area contributed by atoms with E-state index in [4.69, 9.17) is 0 Å². The number of hydrogen-bond acceptors (Lipinski definition) is 3. The van der Waals surface area contributed by atoms with Gasteiger partial charge in [-0.15, -0.1) is 0 Å². The molecule has 19 heavy (non-hydrogen) atoms. The minimum Gasteiger partial charge on any atom is -0.310 e. The van der Waals surface area contributed by atoms with Crippen LogP contribution < -0.4 is 10.0 Å². The molecule has 1 aromatic rings. The Bertz CT molecular complexity index is 580. The summed E-state index contributed by atoms with van der Waals surface area (Å²) in [7, 11) is -3.40. The monoisotopic (exact) mass is 344 g/mol. The van der Waals surface area contributed by atoms with Gasteiger partial charge in [-0.3, -0.25) is 0 Å². The molecule has 0 atom stereocenters. The molecule has 6 heteroatoms. The number of hydrogen-bond donors (Lipinski definition) is 2. The van der Waals surface area contributed by atoms with Gasteiger partial charge < -0.3 is 5.32 Å². The van der Waals surface area contributed by atoms with Gasteiger partial charge in [0.05, 0.1) is 4.90 Å². The van der Waals surface area contributed by atoms with Gasteiger partial charge in [0.1, 0.15) is 0 Å². The summed E-state index contributed by atoms with van der Waals surface area (Å²) in [5.74, 6) is 0. The maximum absolute atomic E-state index is 12.2. The molecule has 0 heterocycles. The fraction of sp³-hybridized carbons (Fsp3) is 0.538. The van der Waals surface area contributed by atoms with Crippen molar-refractivity contribution in [3.63, 3.8) is 0 Å². The Morgan fingerprint density at radius 3 is 2.47 bits per heavy atom. The molecule has 2 N–H and O–H groups in total. The molecule has 3 rings (SSSR count). The van der Waals surface area contributed by atoms with E-state index in [1.165, 1.54) is 12.8 Å². The summed E-state index contributed by atoms with van der Waals surface area (Å²) >= 11 is 3.33. The van der Waals surface area contributed by atoms with Gasteiger partial charge >= 0.3 is 0 Å². The number of nitrogens with one attached hydrogen (secondary N) is 2. The van der Waals surface area contributed by atoms with E-state index in [0.29, 0.717) is 15.4 Å². The van der Waals surface area contributed by atoms with Gasteiger partial charge in [-0.1, -0.05) is 6.07 Å². The van der Waals surface area contributed by atoms with Crippen molar-refractivity contribution in [3.8, 4) is 0 Å². The van der Waals surface area contributed by atoms with E-state index in [9.17, 15) is 8.42 Å². The van der Waals surface area contributed by atoms with E-state index in [0.717, 1.165) is 24.9 Å². The van der Waals surface area contributed by atoms with Gasteiger partial charge in [0.25, 0.3) is 0 Å². The molecular formula is C13H17BrN2O2S. The molecule has 0 spiro atoms. The highest BCUT2D eigenvalue weighted by atomic mass is 79.9. The molecule has 0 bridgehead atoms. The van der Waals surface area contributed by atoms with E-state index in [-0.39, 0.29) is 6.04 Å². The van der Waals surface area contributed by atoms with Gasteiger partial charge in [0.2, 0.25) is 10.0 Å². The van der Waals surface area contributed by atoms with Crippen molar-refractivity contribution in [2.45, 2.75) is 49.2 Å². The van der Waals surface area contributed by atoms with Gasteiger partial charge in [0, 0.05) is 23.1 Å². The van der Waals surface area contributed by atoms with Gasteiger partial charge in [-0.2, -0.15) is 0 Å². The molecular weight excluding hydrogens is 328 g/mol. The summed E-state index contributed by atoms with van der Waals surface area (Å²) in [6.45, 7) is 0.726. The molecule has 2 aliphatic carbocycles. The summed E-state index contributed by atoms with van der Waals surface area (Å²) in [5.41, 5.74) is 1.01. The van der Waals surface area contributed by atoms with Crippen molar-refractivity contribution in [2.24, 2.45) is 0 Å². The Morgan fingerprint density at radius 1 is 1.16 bits per heavy atom. The first-order valence-corrected chi connectivity index (χ1v) is 8.86. The van der Waals surface area contributed by atoms with Crippen LogP contribution in [0.4, 0.5) is 0 Å².